The number of nitrogens with one attached hydrogen (secondary N) is 2. The molecule has 0 aliphatic carbocycles. The van der Waals surface area contributed by atoms with E-state index in [4.69, 9.17) is 28.4 Å². The van der Waals surface area contributed by atoms with Crippen LogP contribution in [0.15, 0.2) is 146 Å². The molecule has 3 fully saturated rings. The molecule has 1 spiro atoms. The van der Waals surface area contributed by atoms with Gasteiger partial charge in [0.25, 0.3) is 0 Å². The molecule has 0 radical (unpaired) electrons. The maximum Gasteiger partial charge on any atom is 0.338 e. The van der Waals surface area contributed by atoms with Crippen LogP contribution in [0, 0.1) is 12.3 Å². The van der Waals surface area contributed by atoms with Crippen molar-refractivity contribution in [2.45, 2.75) is 95.9 Å². The summed E-state index contributed by atoms with van der Waals surface area (Å²) in [6, 6.07) is 39.6. The first-order valence-corrected chi connectivity index (χ1v) is 26.1. The lowest BCUT2D eigenvalue weighted by Crippen LogP contribution is -2.64. The number of nitrogens with zero attached hydrogens (tertiary/aromatic N) is 2. The van der Waals surface area contributed by atoms with E-state index in [2.05, 4.69) is 57.7 Å². The van der Waals surface area contributed by atoms with Gasteiger partial charge < -0.3 is 38.6 Å². The number of likely N-dealkylation sites (tertiary alicyclic amines) is 1. The first-order chi connectivity index (χ1) is 36.5. The Kier molecular flexibility index (Phi) is 17.3. The van der Waals surface area contributed by atoms with Crippen molar-refractivity contribution in [3.05, 3.63) is 196 Å². The summed E-state index contributed by atoms with van der Waals surface area (Å²) in [6.45, 7) is 11.3. The van der Waals surface area contributed by atoms with E-state index in [0.717, 1.165) is 54.0 Å². The predicted octanol–water partition coefficient (Wildman–Crippen LogP) is 9.94. The van der Waals surface area contributed by atoms with Crippen LogP contribution in [0.25, 0.3) is 6.08 Å². The Morgan fingerprint density at radius 1 is 0.720 bits per heavy atom. The number of hydrogen-bond acceptors (Lipinski definition) is 13. The number of aryl methyl sites for hydroxylation is 1. The highest BCUT2D eigenvalue weighted by Crippen LogP contribution is 2.39. The topological polar surface area (TPSA) is 168 Å². The van der Waals surface area contributed by atoms with Crippen molar-refractivity contribution < 1.29 is 47.6 Å². The van der Waals surface area contributed by atoms with Crippen LogP contribution in [0.3, 0.4) is 0 Å². The van der Waals surface area contributed by atoms with Crippen molar-refractivity contribution in [1.82, 2.24) is 20.4 Å². The number of aromatic amines is 1. The normalized spacial score (nSPS) is 20.6. The molecular formula is C61H66N4O10. The number of ether oxygens (including phenoxy) is 6. The molecule has 0 amide bonds. The van der Waals surface area contributed by atoms with E-state index in [-0.39, 0.29) is 34.1 Å². The molecule has 5 atom stereocenters. The summed E-state index contributed by atoms with van der Waals surface area (Å²) < 4.78 is 38.2. The Labute approximate surface area is 438 Å². The second kappa shape index (κ2) is 24.8. The molecule has 0 saturated carbocycles. The molecule has 6 aromatic rings. The van der Waals surface area contributed by atoms with Crippen molar-refractivity contribution in [3.63, 3.8) is 0 Å². The van der Waals surface area contributed by atoms with Gasteiger partial charge in [-0.2, -0.15) is 0 Å². The Bertz CT molecular complexity index is 2880. The number of esters is 4. The summed E-state index contributed by atoms with van der Waals surface area (Å²) in [5.74, 6) is -2.98. The molecule has 1 unspecified atom stereocenters. The minimum absolute atomic E-state index is 0.0255. The summed E-state index contributed by atoms with van der Waals surface area (Å²) in [5, 5.41) is 11.4. The number of piperidine rings is 2. The van der Waals surface area contributed by atoms with Crippen LogP contribution < -0.4 is 10.1 Å². The van der Waals surface area contributed by atoms with Crippen LogP contribution >= 0.6 is 0 Å². The van der Waals surface area contributed by atoms with Gasteiger partial charge in [-0.25, -0.2) is 19.2 Å². The summed E-state index contributed by atoms with van der Waals surface area (Å²) >= 11 is 0. The number of carbonyl (C=O) groups excluding carboxylic acids is 4. The maximum absolute atomic E-state index is 14.2. The number of rotatable bonds is 18. The van der Waals surface area contributed by atoms with Crippen LogP contribution in [-0.2, 0) is 30.1 Å². The fraction of sp³-hybridized carbons (Fsp3) is 0.361. The third kappa shape index (κ3) is 13.3. The lowest BCUT2D eigenvalue weighted by molar-refractivity contribution is -0.276. The van der Waals surface area contributed by atoms with Crippen LogP contribution in [0.4, 0.5) is 0 Å². The van der Waals surface area contributed by atoms with Crippen LogP contribution in [-0.4, -0.2) is 109 Å². The van der Waals surface area contributed by atoms with Gasteiger partial charge in [-0.15, -0.1) is 5.10 Å². The van der Waals surface area contributed by atoms with E-state index in [9.17, 15) is 19.2 Å². The monoisotopic (exact) mass is 1010 g/mol. The van der Waals surface area contributed by atoms with E-state index >= 15 is 0 Å². The molecule has 390 valence electrons. The summed E-state index contributed by atoms with van der Waals surface area (Å²) in [5.41, 5.74) is 6.02. The van der Waals surface area contributed by atoms with Crippen molar-refractivity contribution in [2.24, 2.45) is 5.41 Å². The van der Waals surface area contributed by atoms with Crippen molar-refractivity contribution in [1.29, 1.82) is 0 Å². The van der Waals surface area contributed by atoms with Gasteiger partial charge >= 0.3 is 23.9 Å². The third-order valence-corrected chi connectivity index (χ3v) is 14.5. The first-order valence-electron chi connectivity index (χ1n) is 26.1. The van der Waals surface area contributed by atoms with Gasteiger partial charge in [0.05, 0.1) is 22.3 Å². The van der Waals surface area contributed by atoms with E-state index in [1.165, 1.54) is 38.8 Å². The molecule has 75 heavy (non-hydrogen) atoms. The van der Waals surface area contributed by atoms with Crippen LogP contribution in [0.5, 0.6) is 5.88 Å². The lowest BCUT2D eigenvalue weighted by atomic mass is 9.73. The first kappa shape index (κ1) is 52.5. The molecule has 14 heteroatoms. The van der Waals surface area contributed by atoms with Gasteiger partial charge in [0, 0.05) is 30.8 Å². The zero-order valence-corrected chi connectivity index (χ0v) is 42.9. The van der Waals surface area contributed by atoms with Crippen molar-refractivity contribution in [3.8, 4) is 5.88 Å². The number of carbonyl (C=O) groups is 4. The minimum atomic E-state index is -1.60. The Morgan fingerprint density at radius 3 is 1.85 bits per heavy atom. The Balaban J connectivity index is 1.02. The Hall–Kier alpha value is -7.39. The highest BCUT2D eigenvalue weighted by Gasteiger charge is 2.55. The molecule has 14 nitrogen and oxygen atoms in total. The largest absolute Gasteiger partial charge is 0.459 e. The van der Waals surface area contributed by atoms with Crippen LogP contribution in [0.2, 0.25) is 0 Å². The Morgan fingerprint density at radius 2 is 1.28 bits per heavy atom. The second-order valence-corrected chi connectivity index (χ2v) is 20.1. The summed E-state index contributed by atoms with van der Waals surface area (Å²) in [6.07, 6.45) is 3.35. The molecule has 2 N–H and O–H groups in total. The van der Waals surface area contributed by atoms with E-state index in [1.54, 1.807) is 121 Å². The second-order valence-electron chi connectivity index (χ2n) is 20.1. The zero-order valence-electron chi connectivity index (χ0n) is 42.9. The number of hydrogen-bond donors (Lipinski definition) is 2. The van der Waals surface area contributed by atoms with Gasteiger partial charge in [-0.1, -0.05) is 117 Å². The van der Waals surface area contributed by atoms with Gasteiger partial charge in [-0.05, 0) is 135 Å². The minimum Gasteiger partial charge on any atom is -0.459 e. The molecule has 5 aromatic carbocycles. The number of aromatic nitrogens is 2. The molecule has 3 aliphatic heterocycles. The quantitative estimate of drug-likeness (QED) is 0.0617. The highest BCUT2D eigenvalue weighted by atomic mass is 16.7. The fourth-order valence-corrected chi connectivity index (χ4v) is 10.4. The highest BCUT2D eigenvalue weighted by molar-refractivity contribution is 5.91. The lowest BCUT2D eigenvalue weighted by Gasteiger charge is -2.45. The van der Waals surface area contributed by atoms with Crippen LogP contribution in [0.1, 0.15) is 121 Å². The molecule has 3 aliphatic rings. The third-order valence-electron chi connectivity index (χ3n) is 14.5. The zero-order chi connectivity index (χ0) is 52.2. The summed E-state index contributed by atoms with van der Waals surface area (Å²) in [4.78, 5) is 58.7. The smallest absolute Gasteiger partial charge is 0.338 e. The number of benzene rings is 5. The van der Waals surface area contributed by atoms with E-state index in [1.807, 2.05) is 13.8 Å². The average Bonchev–Trinajstić information content (AvgIpc) is 3.84. The van der Waals surface area contributed by atoms with Gasteiger partial charge in [0.1, 0.15) is 12.7 Å². The fourth-order valence-electron chi connectivity index (χ4n) is 10.4. The van der Waals surface area contributed by atoms with E-state index < -0.39 is 61.2 Å². The predicted molar refractivity (Wildman–Crippen MR) is 283 cm³/mol. The van der Waals surface area contributed by atoms with Crippen molar-refractivity contribution in [2.75, 3.05) is 39.3 Å². The van der Waals surface area contributed by atoms with Crippen molar-refractivity contribution >= 4 is 30.0 Å². The molecule has 9 rings (SSSR count). The molecule has 0 bridgehead atoms. The average molecular weight is 1020 g/mol. The molecule has 3 saturated heterocycles. The van der Waals surface area contributed by atoms with Gasteiger partial charge in [0.2, 0.25) is 18.3 Å². The van der Waals surface area contributed by atoms with E-state index in [0.29, 0.717) is 11.8 Å². The molecule has 4 heterocycles. The standard InChI is InChI=1S/C61H66N4O10/c1-41(2)51-49(38-48-29-28-43(37-42(48)3)19-16-17-35-65-36-18-30-61(40-65)31-33-62-34-32-61)55(64-63-51)75-60-54(74-59(69)47-26-14-7-15-27-47)53(73-58(68)46-24-12-6-13-25-46)52(72-57(67)45-22-10-5-11-23-45)50(71-60)39-70-56(66)44-20-8-4-9-21-44/h4-16,19-29,37,41,50,52-54,60,62H,17-18,30-36,38-40H2,1-3H3,(H,63,64)/b19-16+/t50?,52-,53+,54-,60+/m1/s1. The number of H-pyrrole nitrogens is 1. The maximum atomic E-state index is 14.2. The summed E-state index contributed by atoms with van der Waals surface area (Å²) in [7, 11) is 0. The SMILES string of the molecule is Cc1cc(/C=C/CCN2CCCC3(CCNCC3)C2)ccc1Cc1c(O[C@@H]2OC(COC(=O)c3ccccc3)[C@@H](OC(=O)c3ccccc3)[C@H](OC(=O)c3ccccc3)[C@H]2OC(=O)c2ccccc2)n[nH]c1C(C)C. The van der Waals surface area contributed by atoms with Gasteiger partial charge in [-0.3, -0.25) is 5.10 Å². The van der Waals surface area contributed by atoms with Gasteiger partial charge in [0.15, 0.2) is 12.2 Å². The molecular weight excluding hydrogens is 949 g/mol. The molecule has 1 aromatic heterocycles.